The van der Waals surface area contributed by atoms with Crippen molar-refractivity contribution in [1.29, 1.82) is 0 Å². The highest BCUT2D eigenvalue weighted by Gasteiger charge is 2.04. The van der Waals surface area contributed by atoms with Gasteiger partial charge in [0.05, 0.1) is 10.4 Å². The standard InChI is InChI=1S/C5H4N4S2/c6-5-8-4(11-9-5)3-1-7-2-10-3/h1-2H,(H2,6,9). The normalized spacial score (nSPS) is 10.2. The molecule has 0 bridgehead atoms. The summed E-state index contributed by atoms with van der Waals surface area (Å²) in [6.45, 7) is 0. The lowest BCUT2D eigenvalue weighted by Crippen LogP contribution is -1.84. The Morgan fingerprint density at radius 1 is 1.45 bits per heavy atom. The maximum Gasteiger partial charge on any atom is 0.232 e. The average molecular weight is 184 g/mol. The van der Waals surface area contributed by atoms with Crippen molar-refractivity contribution in [2.75, 3.05) is 5.73 Å². The van der Waals surface area contributed by atoms with Crippen LogP contribution >= 0.6 is 22.9 Å². The molecule has 0 spiro atoms. The molecule has 0 radical (unpaired) electrons. The molecule has 0 aliphatic rings. The van der Waals surface area contributed by atoms with Gasteiger partial charge in [0.25, 0.3) is 0 Å². The fraction of sp³-hybridized carbons (Fsp3) is 0. The van der Waals surface area contributed by atoms with Gasteiger partial charge in [0.15, 0.2) is 5.01 Å². The third kappa shape index (κ3) is 1.22. The highest BCUT2D eigenvalue weighted by Crippen LogP contribution is 2.24. The molecule has 2 rings (SSSR count). The molecule has 0 aliphatic carbocycles. The van der Waals surface area contributed by atoms with E-state index in [9.17, 15) is 0 Å². The number of thiazole rings is 1. The van der Waals surface area contributed by atoms with E-state index >= 15 is 0 Å². The topological polar surface area (TPSA) is 64.7 Å². The Balaban J connectivity index is 2.45. The molecule has 2 N–H and O–H groups in total. The number of nitrogen functional groups attached to an aromatic ring is 1. The molecular formula is C5H4N4S2. The summed E-state index contributed by atoms with van der Waals surface area (Å²) in [4.78, 5) is 8.95. The average Bonchev–Trinajstić information content (AvgIpc) is 2.55. The predicted molar refractivity (Wildman–Crippen MR) is 45.4 cm³/mol. The maximum absolute atomic E-state index is 5.36. The number of hydrogen-bond donors (Lipinski definition) is 1. The van der Waals surface area contributed by atoms with E-state index in [1.807, 2.05) is 0 Å². The maximum atomic E-state index is 5.36. The molecule has 2 aromatic heterocycles. The van der Waals surface area contributed by atoms with Crippen LogP contribution in [-0.2, 0) is 0 Å². The summed E-state index contributed by atoms with van der Waals surface area (Å²) in [7, 11) is 0. The number of nitrogens with two attached hydrogens (primary N) is 1. The van der Waals surface area contributed by atoms with Gasteiger partial charge in [-0.05, 0) is 11.5 Å². The Labute approximate surface area is 70.9 Å². The van der Waals surface area contributed by atoms with E-state index in [2.05, 4.69) is 14.3 Å². The summed E-state index contributed by atoms with van der Waals surface area (Å²) in [5, 5.41) is 0.838. The Morgan fingerprint density at radius 3 is 2.91 bits per heavy atom. The van der Waals surface area contributed by atoms with E-state index in [1.165, 1.54) is 22.9 Å². The Kier molecular flexibility index (Phi) is 1.55. The van der Waals surface area contributed by atoms with Gasteiger partial charge in [-0.3, -0.25) is 4.98 Å². The summed E-state index contributed by atoms with van der Waals surface area (Å²) < 4.78 is 3.86. The van der Waals surface area contributed by atoms with Gasteiger partial charge in [0.1, 0.15) is 0 Å². The van der Waals surface area contributed by atoms with E-state index in [4.69, 9.17) is 5.73 Å². The highest BCUT2D eigenvalue weighted by molar-refractivity contribution is 7.18. The first-order valence-electron chi connectivity index (χ1n) is 2.84. The minimum atomic E-state index is 0.332. The highest BCUT2D eigenvalue weighted by atomic mass is 32.1. The number of hydrogen-bond acceptors (Lipinski definition) is 6. The molecule has 2 heterocycles. The fourth-order valence-corrected chi connectivity index (χ4v) is 1.91. The Morgan fingerprint density at radius 2 is 2.36 bits per heavy atom. The number of anilines is 1. The monoisotopic (exact) mass is 184 g/mol. The van der Waals surface area contributed by atoms with Crippen LogP contribution < -0.4 is 5.73 Å². The summed E-state index contributed by atoms with van der Waals surface area (Å²) in [6, 6.07) is 0. The zero-order valence-electron chi connectivity index (χ0n) is 5.39. The zero-order valence-corrected chi connectivity index (χ0v) is 7.02. The van der Waals surface area contributed by atoms with Gasteiger partial charge in [-0.1, -0.05) is 0 Å². The van der Waals surface area contributed by atoms with Crippen molar-refractivity contribution in [2.24, 2.45) is 0 Å². The molecule has 0 saturated carbocycles. The van der Waals surface area contributed by atoms with Crippen LogP contribution in [0.1, 0.15) is 0 Å². The largest absolute Gasteiger partial charge is 0.367 e. The lowest BCUT2D eigenvalue weighted by Gasteiger charge is -1.81. The number of nitrogens with zero attached hydrogens (tertiary/aromatic N) is 3. The van der Waals surface area contributed by atoms with Crippen molar-refractivity contribution in [3.63, 3.8) is 0 Å². The molecule has 0 fully saturated rings. The second-order valence-corrected chi connectivity index (χ2v) is 3.46. The van der Waals surface area contributed by atoms with Crippen molar-refractivity contribution in [1.82, 2.24) is 14.3 Å². The Bertz CT molecular complexity index is 339. The van der Waals surface area contributed by atoms with Crippen LogP contribution in [0, 0.1) is 0 Å². The lowest BCUT2D eigenvalue weighted by molar-refractivity contribution is 1.34. The molecule has 0 unspecified atom stereocenters. The van der Waals surface area contributed by atoms with Crippen molar-refractivity contribution in [3.8, 4) is 9.88 Å². The summed E-state index contributed by atoms with van der Waals surface area (Å²) in [5.41, 5.74) is 7.11. The third-order valence-electron chi connectivity index (χ3n) is 1.08. The molecule has 0 amide bonds. The minimum absolute atomic E-state index is 0.332. The van der Waals surface area contributed by atoms with Gasteiger partial charge in [-0.2, -0.15) is 9.36 Å². The number of aromatic nitrogens is 3. The first-order chi connectivity index (χ1) is 5.36. The van der Waals surface area contributed by atoms with E-state index in [0.29, 0.717) is 5.95 Å². The molecule has 56 valence electrons. The molecule has 11 heavy (non-hydrogen) atoms. The molecule has 4 nitrogen and oxygen atoms in total. The number of rotatable bonds is 1. The van der Waals surface area contributed by atoms with Crippen molar-refractivity contribution in [2.45, 2.75) is 0 Å². The van der Waals surface area contributed by atoms with E-state index < -0.39 is 0 Å². The van der Waals surface area contributed by atoms with Crippen LogP contribution in [-0.4, -0.2) is 14.3 Å². The lowest BCUT2D eigenvalue weighted by atomic mass is 10.6. The Hall–Kier alpha value is -1.01. The van der Waals surface area contributed by atoms with Crippen LogP contribution in [0.2, 0.25) is 0 Å². The second-order valence-electron chi connectivity index (χ2n) is 1.82. The second kappa shape index (κ2) is 2.55. The van der Waals surface area contributed by atoms with E-state index in [-0.39, 0.29) is 0 Å². The first kappa shape index (κ1) is 6.68. The van der Waals surface area contributed by atoms with Crippen molar-refractivity contribution in [3.05, 3.63) is 11.7 Å². The summed E-state index contributed by atoms with van der Waals surface area (Å²) in [6.07, 6.45) is 1.75. The fourth-order valence-electron chi connectivity index (χ4n) is 0.656. The minimum Gasteiger partial charge on any atom is -0.367 e. The summed E-state index contributed by atoms with van der Waals surface area (Å²) >= 11 is 2.82. The van der Waals surface area contributed by atoms with Gasteiger partial charge >= 0.3 is 0 Å². The van der Waals surface area contributed by atoms with Crippen LogP contribution in [0.15, 0.2) is 11.7 Å². The predicted octanol–water partition coefficient (Wildman–Crippen LogP) is 1.24. The third-order valence-corrected chi connectivity index (χ3v) is 2.76. The van der Waals surface area contributed by atoms with Crippen LogP contribution in [0.4, 0.5) is 5.95 Å². The quantitative estimate of drug-likeness (QED) is 0.724. The van der Waals surface area contributed by atoms with Gasteiger partial charge in [-0.15, -0.1) is 11.3 Å². The molecule has 0 aliphatic heterocycles. The van der Waals surface area contributed by atoms with Crippen molar-refractivity contribution < 1.29 is 0 Å². The molecule has 6 heteroatoms. The first-order valence-corrected chi connectivity index (χ1v) is 4.49. The van der Waals surface area contributed by atoms with Gasteiger partial charge < -0.3 is 5.73 Å². The molecule has 0 atom stereocenters. The molecular weight excluding hydrogens is 180 g/mol. The van der Waals surface area contributed by atoms with Crippen LogP contribution in [0.25, 0.3) is 9.88 Å². The van der Waals surface area contributed by atoms with Gasteiger partial charge in [-0.25, -0.2) is 0 Å². The van der Waals surface area contributed by atoms with Crippen molar-refractivity contribution >= 4 is 28.8 Å². The van der Waals surface area contributed by atoms with Crippen LogP contribution in [0.5, 0.6) is 0 Å². The van der Waals surface area contributed by atoms with E-state index in [0.717, 1.165) is 9.88 Å². The summed E-state index contributed by atoms with van der Waals surface area (Å²) in [5.74, 6) is 0.332. The smallest absolute Gasteiger partial charge is 0.232 e. The molecule has 2 aromatic rings. The van der Waals surface area contributed by atoms with Gasteiger partial charge in [0.2, 0.25) is 5.95 Å². The van der Waals surface area contributed by atoms with Crippen LogP contribution in [0.3, 0.4) is 0 Å². The SMILES string of the molecule is Nc1nsc(-c2cncs2)n1. The van der Waals surface area contributed by atoms with Gasteiger partial charge in [0, 0.05) is 6.20 Å². The van der Waals surface area contributed by atoms with E-state index in [1.54, 1.807) is 11.7 Å². The zero-order chi connectivity index (χ0) is 7.68. The molecule has 0 aromatic carbocycles. The molecule has 0 saturated heterocycles.